The van der Waals surface area contributed by atoms with E-state index < -0.39 is 0 Å². The third kappa shape index (κ3) is 2.33. The molecule has 0 atom stereocenters. The smallest absolute Gasteiger partial charge is 0.263 e. The van der Waals surface area contributed by atoms with Crippen LogP contribution in [-0.2, 0) is 12.8 Å². The van der Waals surface area contributed by atoms with E-state index in [9.17, 15) is 4.79 Å². The number of nitrogens with zero attached hydrogens (tertiary/aromatic N) is 1. The molecular formula is C15H21NOS. The lowest BCUT2D eigenvalue weighted by molar-refractivity contribution is 0.0702. The van der Waals surface area contributed by atoms with Crippen molar-refractivity contribution in [1.82, 2.24) is 4.90 Å². The number of carbonyl (C=O) groups is 1. The Kier molecular flexibility index (Phi) is 3.42. The van der Waals surface area contributed by atoms with E-state index >= 15 is 0 Å². The van der Waals surface area contributed by atoms with Gasteiger partial charge in [-0.05, 0) is 56.1 Å². The Bertz CT molecular complexity index is 420. The summed E-state index contributed by atoms with van der Waals surface area (Å²) in [5, 5.41) is 0. The SMILES string of the molecule is CC1CCN(C(=O)c2cc3c(s2)CCCC3)CC1. The van der Waals surface area contributed by atoms with Crippen molar-refractivity contribution < 1.29 is 4.79 Å². The molecule has 2 nitrogen and oxygen atoms in total. The van der Waals surface area contributed by atoms with Gasteiger partial charge in [-0.1, -0.05) is 6.92 Å². The van der Waals surface area contributed by atoms with Crippen LogP contribution in [0, 0.1) is 5.92 Å². The van der Waals surface area contributed by atoms with Crippen LogP contribution in [-0.4, -0.2) is 23.9 Å². The summed E-state index contributed by atoms with van der Waals surface area (Å²) in [6.45, 7) is 4.18. The van der Waals surface area contributed by atoms with Crippen LogP contribution in [0.1, 0.15) is 52.7 Å². The zero-order chi connectivity index (χ0) is 12.5. The first-order chi connectivity index (χ1) is 8.74. The molecule has 1 aromatic rings. The maximum Gasteiger partial charge on any atom is 0.263 e. The molecule has 0 bridgehead atoms. The molecule has 1 saturated heterocycles. The summed E-state index contributed by atoms with van der Waals surface area (Å²) in [4.78, 5) is 17.0. The lowest BCUT2D eigenvalue weighted by Crippen LogP contribution is -2.37. The minimum atomic E-state index is 0.279. The molecule has 0 aromatic carbocycles. The van der Waals surface area contributed by atoms with Crippen molar-refractivity contribution >= 4 is 17.2 Å². The van der Waals surface area contributed by atoms with Gasteiger partial charge >= 0.3 is 0 Å². The predicted octanol–water partition coefficient (Wildman–Crippen LogP) is 3.50. The number of piperidine rings is 1. The Morgan fingerprint density at radius 1 is 1.28 bits per heavy atom. The van der Waals surface area contributed by atoms with Gasteiger partial charge in [0.15, 0.2) is 0 Å². The normalized spacial score (nSPS) is 20.8. The number of thiophene rings is 1. The number of amides is 1. The average Bonchev–Trinajstić information content (AvgIpc) is 2.82. The fraction of sp³-hybridized carbons (Fsp3) is 0.667. The second-order valence-electron chi connectivity index (χ2n) is 5.74. The van der Waals surface area contributed by atoms with E-state index in [2.05, 4.69) is 17.9 Å². The largest absolute Gasteiger partial charge is 0.338 e. The lowest BCUT2D eigenvalue weighted by atomic mass is 9.98. The van der Waals surface area contributed by atoms with Crippen molar-refractivity contribution in [3.8, 4) is 0 Å². The van der Waals surface area contributed by atoms with E-state index in [1.165, 1.54) is 36.1 Å². The van der Waals surface area contributed by atoms with E-state index in [1.807, 2.05) is 0 Å². The Hall–Kier alpha value is -0.830. The maximum absolute atomic E-state index is 12.5. The first-order valence-corrected chi connectivity index (χ1v) is 7.96. The summed E-state index contributed by atoms with van der Waals surface area (Å²) < 4.78 is 0. The first kappa shape index (κ1) is 12.2. The molecule has 1 amide bonds. The molecule has 1 aliphatic heterocycles. The zero-order valence-corrected chi connectivity index (χ0v) is 11.9. The van der Waals surface area contributed by atoms with Gasteiger partial charge in [-0.3, -0.25) is 4.79 Å². The highest BCUT2D eigenvalue weighted by Crippen LogP contribution is 2.31. The van der Waals surface area contributed by atoms with Gasteiger partial charge in [-0.25, -0.2) is 0 Å². The number of rotatable bonds is 1. The molecule has 1 aliphatic carbocycles. The second kappa shape index (κ2) is 5.04. The number of carbonyl (C=O) groups excluding carboxylic acids is 1. The Labute approximate surface area is 113 Å². The Balaban J connectivity index is 1.74. The summed E-state index contributed by atoms with van der Waals surface area (Å²) in [5.41, 5.74) is 1.44. The first-order valence-electron chi connectivity index (χ1n) is 7.15. The fourth-order valence-corrected chi connectivity index (χ4v) is 4.19. The highest BCUT2D eigenvalue weighted by atomic mass is 32.1. The molecular weight excluding hydrogens is 242 g/mol. The van der Waals surface area contributed by atoms with Gasteiger partial charge < -0.3 is 4.90 Å². The highest BCUT2D eigenvalue weighted by molar-refractivity contribution is 7.14. The molecule has 0 N–H and O–H groups in total. The molecule has 0 unspecified atom stereocenters. The van der Waals surface area contributed by atoms with Crippen molar-refractivity contribution in [2.45, 2.75) is 45.4 Å². The minimum Gasteiger partial charge on any atom is -0.338 e. The van der Waals surface area contributed by atoms with Gasteiger partial charge in [0.05, 0.1) is 4.88 Å². The van der Waals surface area contributed by atoms with Gasteiger partial charge in [0.1, 0.15) is 0 Å². The molecule has 0 saturated carbocycles. The monoisotopic (exact) mass is 263 g/mol. The van der Waals surface area contributed by atoms with Gasteiger partial charge in [-0.15, -0.1) is 11.3 Å². The van der Waals surface area contributed by atoms with Crippen molar-refractivity contribution in [1.29, 1.82) is 0 Å². The van der Waals surface area contributed by atoms with Crippen LogP contribution in [0.3, 0.4) is 0 Å². The van der Waals surface area contributed by atoms with Gasteiger partial charge in [-0.2, -0.15) is 0 Å². The fourth-order valence-electron chi connectivity index (χ4n) is 2.96. The number of likely N-dealkylation sites (tertiary alicyclic amines) is 1. The molecule has 3 rings (SSSR count). The summed E-state index contributed by atoms with van der Waals surface area (Å²) in [5.74, 6) is 1.06. The number of hydrogen-bond acceptors (Lipinski definition) is 2. The van der Waals surface area contributed by atoms with E-state index in [-0.39, 0.29) is 5.91 Å². The molecule has 0 radical (unpaired) electrons. The molecule has 3 heteroatoms. The van der Waals surface area contributed by atoms with Crippen LogP contribution in [0.2, 0.25) is 0 Å². The van der Waals surface area contributed by atoms with Crippen molar-refractivity contribution in [2.75, 3.05) is 13.1 Å². The lowest BCUT2D eigenvalue weighted by Gasteiger charge is -2.29. The van der Waals surface area contributed by atoms with Crippen molar-refractivity contribution in [2.24, 2.45) is 5.92 Å². The van der Waals surface area contributed by atoms with Crippen molar-refractivity contribution in [3.05, 3.63) is 21.4 Å². The molecule has 18 heavy (non-hydrogen) atoms. The summed E-state index contributed by atoms with van der Waals surface area (Å²) >= 11 is 1.75. The molecule has 2 heterocycles. The summed E-state index contributed by atoms with van der Waals surface area (Å²) in [6.07, 6.45) is 7.27. The van der Waals surface area contributed by atoms with Crippen LogP contribution in [0.15, 0.2) is 6.07 Å². The maximum atomic E-state index is 12.5. The standard InChI is InChI=1S/C15H21NOS/c1-11-6-8-16(9-7-11)15(17)14-10-12-4-2-3-5-13(12)18-14/h10-11H,2-9H2,1H3. The van der Waals surface area contributed by atoms with Crippen LogP contribution < -0.4 is 0 Å². The van der Waals surface area contributed by atoms with Crippen LogP contribution >= 0.6 is 11.3 Å². The summed E-state index contributed by atoms with van der Waals surface area (Å²) in [7, 11) is 0. The highest BCUT2D eigenvalue weighted by Gasteiger charge is 2.24. The topological polar surface area (TPSA) is 20.3 Å². The molecule has 1 aromatic heterocycles. The van der Waals surface area contributed by atoms with E-state index in [1.54, 1.807) is 11.3 Å². The second-order valence-corrected chi connectivity index (χ2v) is 6.88. The number of hydrogen-bond donors (Lipinski definition) is 0. The molecule has 2 aliphatic rings. The predicted molar refractivity (Wildman–Crippen MR) is 75.3 cm³/mol. The van der Waals surface area contributed by atoms with Crippen LogP contribution in [0.4, 0.5) is 0 Å². The van der Waals surface area contributed by atoms with E-state index in [0.29, 0.717) is 0 Å². The van der Waals surface area contributed by atoms with Crippen molar-refractivity contribution in [3.63, 3.8) is 0 Å². The minimum absolute atomic E-state index is 0.279. The Morgan fingerprint density at radius 2 is 2.00 bits per heavy atom. The molecule has 0 spiro atoms. The molecule has 98 valence electrons. The van der Waals surface area contributed by atoms with E-state index in [4.69, 9.17) is 0 Å². The summed E-state index contributed by atoms with van der Waals surface area (Å²) in [6, 6.07) is 2.17. The number of fused-ring (bicyclic) bond motifs is 1. The third-order valence-corrected chi connectivity index (χ3v) is 5.50. The van der Waals surface area contributed by atoms with Gasteiger partial charge in [0, 0.05) is 18.0 Å². The average molecular weight is 263 g/mol. The third-order valence-electron chi connectivity index (χ3n) is 4.28. The quantitative estimate of drug-likeness (QED) is 0.759. The van der Waals surface area contributed by atoms with Gasteiger partial charge in [0.2, 0.25) is 0 Å². The number of aryl methyl sites for hydroxylation is 2. The van der Waals surface area contributed by atoms with E-state index in [0.717, 1.165) is 36.7 Å². The van der Waals surface area contributed by atoms with Crippen LogP contribution in [0.25, 0.3) is 0 Å². The zero-order valence-electron chi connectivity index (χ0n) is 11.1. The Morgan fingerprint density at radius 3 is 2.72 bits per heavy atom. The van der Waals surface area contributed by atoms with Gasteiger partial charge in [0.25, 0.3) is 5.91 Å². The van der Waals surface area contributed by atoms with Crippen LogP contribution in [0.5, 0.6) is 0 Å². The molecule has 1 fully saturated rings.